The van der Waals surface area contributed by atoms with Gasteiger partial charge in [0.2, 0.25) is 0 Å². The van der Waals surface area contributed by atoms with Gasteiger partial charge in [-0.2, -0.15) is 5.10 Å². The largest absolute Gasteiger partial charge is 0.270 e. The molecule has 2 rings (SSSR count). The number of halogens is 1. The minimum absolute atomic E-state index is 0.791. The number of hydrogen-bond donors (Lipinski definition) is 0. The van der Waals surface area contributed by atoms with E-state index in [-0.39, 0.29) is 0 Å². The molecule has 0 spiro atoms. The summed E-state index contributed by atoms with van der Waals surface area (Å²) < 4.78 is 2.20. The molecule has 0 saturated heterocycles. The molecule has 1 saturated carbocycles. The topological polar surface area (TPSA) is 17.8 Å². The smallest absolute Gasteiger partial charge is 0.0624 e. The number of alkyl halides is 1. The van der Waals surface area contributed by atoms with Gasteiger partial charge in [0.15, 0.2) is 0 Å². The molecule has 1 atom stereocenters. The summed E-state index contributed by atoms with van der Waals surface area (Å²) in [6, 6.07) is 2.31. The second-order valence-corrected chi connectivity index (χ2v) is 6.11. The van der Waals surface area contributed by atoms with E-state index >= 15 is 0 Å². The van der Waals surface area contributed by atoms with Gasteiger partial charge in [0.1, 0.15) is 0 Å². The number of nitrogens with zero attached hydrogens (tertiary/aromatic N) is 2. The van der Waals surface area contributed by atoms with Crippen molar-refractivity contribution in [2.45, 2.75) is 58.9 Å². The number of aryl methyl sites for hydroxylation is 2. The summed E-state index contributed by atoms with van der Waals surface area (Å²) in [7, 11) is 0. The van der Waals surface area contributed by atoms with Gasteiger partial charge in [-0.3, -0.25) is 4.68 Å². The van der Waals surface area contributed by atoms with Crippen LogP contribution in [0.25, 0.3) is 0 Å². The molecule has 0 aliphatic heterocycles. The molecule has 3 heteroatoms. The first-order valence-electron chi connectivity index (χ1n) is 7.40. The Balaban J connectivity index is 2.07. The molecular formula is C15H25BrN2. The number of rotatable bonds is 6. The summed E-state index contributed by atoms with van der Waals surface area (Å²) in [6.45, 7) is 5.37. The maximum atomic E-state index is 4.66. The molecule has 0 radical (unpaired) electrons. The molecule has 18 heavy (non-hydrogen) atoms. The van der Waals surface area contributed by atoms with Crippen LogP contribution in [-0.2, 0) is 19.4 Å². The lowest BCUT2D eigenvalue weighted by molar-refractivity contribution is 0.364. The molecule has 1 aromatic rings. The van der Waals surface area contributed by atoms with Crippen molar-refractivity contribution in [3.63, 3.8) is 0 Å². The second-order valence-electron chi connectivity index (χ2n) is 5.46. The summed E-state index contributed by atoms with van der Waals surface area (Å²) >= 11 is 3.72. The van der Waals surface area contributed by atoms with Crippen LogP contribution in [0.2, 0.25) is 0 Å². The van der Waals surface area contributed by atoms with E-state index in [4.69, 9.17) is 0 Å². The molecular weight excluding hydrogens is 288 g/mol. The Morgan fingerprint density at radius 3 is 2.67 bits per heavy atom. The van der Waals surface area contributed by atoms with E-state index in [0.717, 1.165) is 30.1 Å². The SMILES string of the molecule is CCc1cc(CC(CBr)C2CCCC2)n(CC)n1. The first-order chi connectivity index (χ1) is 8.78. The van der Waals surface area contributed by atoms with Crippen LogP contribution in [0.5, 0.6) is 0 Å². The minimum atomic E-state index is 0.791. The molecule has 102 valence electrons. The lowest BCUT2D eigenvalue weighted by Gasteiger charge is -2.21. The maximum Gasteiger partial charge on any atom is 0.0624 e. The summed E-state index contributed by atoms with van der Waals surface area (Å²) in [5.74, 6) is 1.72. The predicted molar refractivity (Wildman–Crippen MR) is 80.2 cm³/mol. The highest BCUT2D eigenvalue weighted by Gasteiger charge is 2.25. The van der Waals surface area contributed by atoms with Gasteiger partial charge in [-0.15, -0.1) is 0 Å². The standard InChI is InChI=1S/C15H25BrN2/c1-3-14-10-15(18(4-2)17-14)9-13(11-16)12-7-5-6-8-12/h10,12-13H,3-9,11H2,1-2H3. The lowest BCUT2D eigenvalue weighted by atomic mass is 9.88. The van der Waals surface area contributed by atoms with Crippen molar-refractivity contribution in [1.29, 1.82) is 0 Å². The highest BCUT2D eigenvalue weighted by molar-refractivity contribution is 9.09. The Bertz CT molecular complexity index is 367. The number of aromatic nitrogens is 2. The van der Waals surface area contributed by atoms with Crippen molar-refractivity contribution >= 4 is 15.9 Å². The van der Waals surface area contributed by atoms with Gasteiger partial charge in [0.25, 0.3) is 0 Å². The normalized spacial score (nSPS) is 18.4. The fourth-order valence-corrected chi connectivity index (χ4v) is 3.93. The third-order valence-electron chi connectivity index (χ3n) is 4.31. The molecule has 2 nitrogen and oxygen atoms in total. The van der Waals surface area contributed by atoms with Gasteiger partial charge in [-0.25, -0.2) is 0 Å². The van der Waals surface area contributed by atoms with Gasteiger partial charge in [0, 0.05) is 17.6 Å². The van der Waals surface area contributed by atoms with Crippen molar-refractivity contribution < 1.29 is 0 Å². The molecule has 1 unspecified atom stereocenters. The zero-order valence-corrected chi connectivity index (χ0v) is 13.2. The molecule has 1 aromatic heterocycles. The van der Waals surface area contributed by atoms with E-state index in [0.29, 0.717) is 0 Å². The van der Waals surface area contributed by atoms with E-state index in [1.165, 1.54) is 43.5 Å². The van der Waals surface area contributed by atoms with E-state index < -0.39 is 0 Å². The van der Waals surface area contributed by atoms with Crippen LogP contribution in [0.4, 0.5) is 0 Å². The van der Waals surface area contributed by atoms with Gasteiger partial charge in [0.05, 0.1) is 5.69 Å². The molecule has 0 N–H and O–H groups in total. The van der Waals surface area contributed by atoms with Crippen molar-refractivity contribution in [2.75, 3.05) is 5.33 Å². The van der Waals surface area contributed by atoms with Crippen LogP contribution in [0.3, 0.4) is 0 Å². The van der Waals surface area contributed by atoms with Gasteiger partial charge in [-0.05, 0) is 37.7 Å². The molecule has 0 bridgehead atoms. The molecule has 0 aromatic carbocycles. The minimum Gasteiger partial charge on any atom is -0.270 e. The highest BCUT2D eigenvalue weighted by atomic mass is 79.9. The van der Waals surface area contributed by atoms with Crippen molar-refractivity contribution in [3.05, 3.63) is 17.5 Å². The van der Waals surface area contributed by atoms with Crippen molar-refractivity contribution in [3.8, 4) is 0 Å². The van der Waals surface area contributed by atoms with E-state index in [1.54, 1.807) is 0 Å². The number of hydrogen-bond acceptors (Lipinski definition) is 1. The Kier molecular flexibility index (Phi) is 5.28. The third kappa shape index (κ3) is 3.17. The second kappa shape index (κ2) is 6.74. The summed E-state index contributed by atoms with van der Waals surface area (Å²) in [5, 5.41) is 5.80. The zero-order chi connectivity index (χ0) is 13.0. The van der Waals surface area contributed by atoms with Crippen LogP contribution >= 0.6 is 15.9 Å². The predicted octanol–water partition coefficient (Wildman–Crippen LogP) is 4.21. The van der Waals surface area contributed by atoms with Crippen LogP contribution in [-0.4, -0.2) is 15.1 Å². The average Bonchev–Trinajstić information content (AvgIpc) is 3.04. The van der Waals surface area contributed by atoms with Crippen LogP contribution in [0, 0.1) is 11.8 Å². The first-order valence-corrected chi connectivity index (χ1v) is 8.52. The molecule has 1 fully saturated rings. The fraction of sp³-hybridized carbons (Fsp3) is 0.800. The molecule has 1 aliphatic carbocycles. The van der Waals surface area contributed by atoms with Gasteiger partial charge < -0.3 is 0 Å². The monoisotopic (exact) mass is 312 g/mol. The fourth-order valence-electron chi connectivity index (χ4n) is 3.17. The summed E-state index contributed by atoms with van der Waals surface area (Å²) in [4.78, 5) is 0. The zero-order valence-electron chi connectivity index (χ0n) is 11.7. The highest BCUT2D eigenvalue weighted by Crippen LogP contribution is 2.34. The average molecular weight is 313 g/mol. The molecule has 1 heterocycles. The third-order valence-corrected chi connectivity index (χ3v) is 5.14. The Hall–Kier alpha value is -0.310. The first kappa shape index (κ1) is 14.1. The van der Waals surface area contributed by atoms with Crippen molar-refractivity contribution in [1.82, 2.24) is 9.78 Å². The van der Waals surface area contributed by atoms with E-state index in [1.807, 2.05) is 0 Å². The summed E-state index contributed by atoms with van der Waals surface area (Å²) in [6.07, 6.45) is 7.95. The van der Waals surface area contributed by atoms with Gasteiger partial charge in [-0.1, -0.05) is 48.5 Å². The van der Waals surface area contributed by atoms with E-state index in [9.17, 15) is 0 Å². The van der Waals surface area contributed by atoms with Crippen LogP contribution in [0.15, 0.2) is 6.07 Å². The van der Waals surface area contributed by atoms with Crippen LogP contribution < -0.4 is 0 Å². The Morgan fingerprint density at radius 1 is 1.39 bits per heavy atom. The van der Waals surface area contributed by atoms with Crippen molar-refractivity contribution in [2.24, 2.45) is 11.8 Å². The molecule has 1 aliphatic rings. The van der Waals surface area contributed by atoms with Gasteiger partial charge >= 0.3 is 0 Å². The molecule has 0 amide bonds. The lowest BCUT2D eigenvalue weighted by Crippen LogP contribution is -2.18. The summed E-state index contributed by atoms with van der Waals surface area (Å²) in [5.41, 5.74) is 2.68. The quantitative estimate of drug-likeness (QED) is 0.719. The Morgan fingerprint density at radius 2 is 2.11 bits per heavy atom. The Labute approximate surface area is 119 Å². The maximum absolute atomic E-state index is 4.66. The van der Waals surface area contributed by atoms with Crippen LogP contribution in [0.1, 0.15) is 50.9 Å². The van der Waals surface area contributed by atoms with E-state index in [2.05, 4.69) is 45.6 Å².